The van der Waals surface area contributed by atoms with Gasteiger partial charge in [0, 0.05) is 31.7 Å². The molecule has 2 aromatic rings. The number of amides is 3. The largest absolute Gasteiger partial charge is 0.573 e. The maximum atomic E-state index is 12.7. The molecule has 1 saturated heterocycles. The number of nitrogens with zero attached hydrogens (tertiary/aromatic N) is 2. The minimum atomic E-state index is -4.88. The zero-order valence-corrected chi connectivity index (χ0v) is 18.2. The van der Waals surface area contributed by atoms with Crippen molar-refractivity contribution in [2.45, 2.75) is 18.2 Å². The van der Waals surface area contributed by atoms with Gasteiger partial charge in [-0.3, -0.25) is 10.2 Å². The van der Waals surface area contributed by atoms with Crippen LogP contribution in [0.4, 0.5) is 18.0 Å². The van der Waals surface area contributed by atoms with E-state index < -0.39 is 34.1 Å². The standard InChI is InChI=1S/C20H21F3N4O5S/c1-14-2-4-15(5-3-14)18(28)24-25-19(29)26-10-12-27(13-11-26)33(30,31)17-8-6-16(7-9-17)32-20(21,22)23/h2-9H,10-13H2,1H3,(H,24,28)(H,25,29). The smallest absolute Gasteiger partial charge is 0.406 e. The molecular weight excluding hydrogens is 465 g/mol. The number of nitrogens with one attached hydrogen (secondary N) is 2. The van der Waals surface area contributed by atoms with Crippen LogP contribution >= 0.6 is 0 Å². The first-order chi connectivity index (χ1) is 15.5. The number of hydrogen-bond donors (Lipinski definition) is 2. The van der Waals surface area contributed by atoms with E-state index in [1.165, 1.54) is 4.90 Å². The molecule has 3 rings (SSSR count). The summed E-state index contributed by atoms with van der Waals surface area (Å²) in [5, 5.41) is 0. The molecule has 2 aromatic carbocycles. The van der Waals surface area contributed by atoms with Crippen LogP contribution in [0.2, 0.25) is 0 Å². The van der Waals surface area contributed by atoms with Crippen molar-refractivity contribution in [3.63, 3.8) is 0 Å². The number of carbonyl (C=O) groups is 2. The van der Waals surface area contributed by atoms with E-state index in [-0.39, 0.29) is 31.1 Å². The Labute approximate surface area is 188 Å². The first-order valence-electron chi connectivity index (χ1n) is 9.73. The second-order valence-electron chi connectivity index (χ2n) is 7.16. The van der Waals surface area contributed by atoms with Crippen molar-refractivity contribution in [2.75, 3.05) is 26.2 Å². The number of benzene rings is 2. The van der Waals surface area contributed by atoms with Crippen LogP contribution in [-0.4, -0.2) is 62.1 Å². The minimum absolute atomic E-state index is 0.0253. The molecule has 0 saturated carbocycles. The summed E-state index contributed by atoms with van der Waals surface area (Å²) < 4.78 is 67.1. The van der Waals surface area contributed by atoms with Gasteiger partial charge in [-0.25, -0.2) is 18.6 Å². The normalized spacial score (nSPS) is 15.1. The van der Waals surface area contributed by atoms with Crippen LogP contribution in [0.25, 0.3) is 0 Å². The summed E-state index contributed by atoms with van der Waals surface area (Å²) in [7, 11) is -3.97. The van der Waals surface area contributed by atoms with Gasteiger partial charge in [0.15, 0.2) is 0 Å². The highest BCUT2D eigenvalue weighted by molar-refractivity contribution is 7.89. The Morgan fingerprint density at radius 1 is 0.909 bits per heavy atom. The van der Waals surface area contributed by atoms with E-state index >= 15 is 0 Å². The van der Waals surface area contributed by atoms with Crippen molar-refractivity contribution < 1.29 is 35.9 Å². The maximum absolute atomic E-state index is 12.7. The average molecular weight is 486 g/mol. The molecule has 0 radical (unpaired) electrons. The van der Waals surface area contributed by atoms with Crippen molar-refractivity contribution in [3.05, 3.63) is 59.7 Å². The lowest BCUT2D eigenvalue weighted by molar-refractivity contribution is -0.274. The third-order valence-electron chi connectivity index (χ3n) is 4.82. The van der Waals surface area contributed by atoms with Crippen molar-refractivity contribution >= 4 is 22.0 Å². The zero-order valence-electron chi connectivity index (χ0n) is 17.4. The molecule has 9 nitrogen and oxygen atoms in total. The molecule has 0 unspecified atom stereocenters. The van der Waals surface area contributed by atoms with Gasteiger partial charge in [-0.15, -0.1) is 13.2 Å². The molecule has 13 heteroatoms. The molecule has 0 aliphatic carbocycles. The molecule has 33 heavy (non-hydrogen) atoms. The number of hydrazine groups is 1. The predicted octanol–water partition coefficient (Wildman–Crippen LogP) is 2.25. The number of aryl methyl sites for hydroxylation is 1. The molecule has 2 N–H and O–H groups in total. The molecule has 0 aromatic heterocycles. The molecule has 0 atom stereocenters. The van der Waals surface area contributed by atoms with Gasteiger partial charge in [0.2, 0.25) is 10.0 Å². The summed E-state index contributed by atoms with van der Waals surface area (Å²) in [4.78, 5) is 25.5. The monoisotopic (exact) mass is 486 g/mol. The molecule has 3 amide bonds. The lowest BCUT2D eigenvalue weighted by atomic mass is 10.1. The van der Waals surface area contributed by atoms with Gasteiger partial charge in [-0.2, -0.15) is 4.31 Å². The fraction of sp³-hybridized carbons (Fsp3) is 0.300. The van der Waals surface area contributed by atoms with E-state index in [1.807, 2.05) is 6.92 Å². The van der Waals surface area contributed by atoms with Gasteiger partial charge in [-0.1, -0.05) is 17.7 Å². The highest BCUT2D eigenvalue weighted by Crippen LogP contribution is 2.25. The van der Waals surface area contributed by atoms with Crippen LogP contribution in [0.15, 0.2) is 53.4 Å². The lowest BCUT2D eigenvalue weighted by Crippen LogP contribution is -2.56. The second kappa shape index (κ2) is 9.67. The predicted molar refractivity (Wildman–Crippen MR) is 111 cm³/mol. The Morgan fingerprint density at radius 3 is 2.03 bits per heavy atom. The lowest BCUT2D eigenvalue weighted by Gasteiger charge is -2.33. The molecular formula is C20H21F3N4O5S. The summed E-state index contributed by atoms with van der Waals surface area (Å²) in [6.45, 7) is 1.94. The topological polar surface area (TPSA) is 108 Å². The van der Waals surface area contributed by atoms with Crippen LogP contribution in [-0.2, 0) is 10.0 Å². The van der Waals surface area contributed by atoms with Crippen molar-refractivity contribution in [1.29, 1.82) is 0 Å². The van der Waals surface area contributed by atoms with Crippen LogP contribution < -0.4 is 15.6 Å². The zero-order chi connectivity index (χ0) is 24.2. The van der Waals surface area contributed by atoms with Gasteiger partial charge in [0.1, 0.15) is 5.75 Å². The van der Waals surface area contributed by atoms with Gasteiger partial charge in [0.05, 0.1) is 4.90 Å². The Balaban J connectivity index is 1.52. The number of ether oxygens (including phenoxy) is 1. The number of hydrogen-bond acceptors (Lipinski definition) is 5. The summed E-state index contributed by atoms with van der Waals surface area (Å²) in [5.41, 5.74) is 5.93. The number of piperazine rings is 1. The fourth-order valence-electron chi connectivity index (χ4n) is 3.06. The summed E-state index contributed by atoms with van der Waals surface area (Å²) >= 11 is 0. The number of halogens is 3. The Bertz CT molecular complexity index is 1100. The number of urea groups is 1. The van der Waals surface area contributed by atoms with E-state index in [0.717, 1.165) is 34.1 Å². The van der Waals surface area contributed by atoms with E-state index in [9.17, 15) is 31.2 Å². The first kappa shape index (κ1) is 24.3. The molecule has 1 heterocycles. The van der Waals surface area contributed by atoms with Crippen molar-refractivity contribution in [3.8, 4) is 5.75 Å². The molecule has 0 bridgehead atoms. The Kier molecular flexibility index (Phi) is 7.12. The van der Waals surface area contributed by atoms with E-state index in [2.05, 4.69) is 15.6 Å². The van der Waals surface area contributed by atoms with Gasteiger partial charge in [0.25, 0.3) is 5.91 Å². The summed E-state index contributed by atoms with van der Waals surface area (Å²) in [6.07, 6.45) is -4.88. The maximum Gasteiger partial charge on any atom is 0.573 e. The van der Waals surface area contributed by atoms with Crippen LogP contribution in [0.5, 0.6) is 5.75 Å². The summed E-state index contributed by atoms with van der Waals surface area (Å²) in [6, 6.07) is 10.0. The first-order valence-corrected chi connectivity index (χ1v) is 11.2. The minimum Gasteiger partial charge on any atom is -0.406 e. The quantitative estimate of drug-likeness (QED) is 0.645. The van der Waals surface area contributed by atoms with Crippen molar-refractivity contribution in [2.24, 2.45) is 0 Å². The Hall–Kier alpha value is -3.32. The molecule has 1 fully saturated rings. The van der Waals surface area contributed by atoms with E-state index in [4.69, 9.17) is 0 Å². The SMILES string of the molecule is Cc1ccc(C(=O)NNC(=O)N2CCN(S(=O)(=O)c3ccc(OC(F)(F)F)cc3)CC2)cc1. The van der Waals surface area contributed by atoms with E-state index in [1.54, 1.807) is 24.3 Å². The van der Waals surface area contributed by atoms with E-state index in [0.29, 0.717) is 5.56 Å². The third-order valence-corrected chi connectivity index (χ3v) is 6.73. The molecule has 1 aliphatic rings. The molecule has 178 valence electrons. The highest BCUT2D eigenvalue weighted by Gasteiger charge is 2.32. The number of carbonyl (C=O) groups excluding carboxylic acids is 2. The number of alkyl halides is 3. The van der Waals surface area contributed by atoms with Gasteiger partial charge < -0.3 is 9.64 Å². The third kappa shape index (κ3) is 6.35. The number of rotatable bonds is 4. The van der Waals surface area contributed by atoms with Crippen molar-refractivity contribution in [1.82, 2.24) is 20.1 Å². The van der Waals surface area contributed by atoms with Crippen LogP contribution in [0, 0.1) is 6.92 Å². The Morgan fingerprint density at radius 2 is 1.48 bits per heavy atom. The van der Waals surface area contributed by atoms with Gasteiger partial charge >= 0.3 is 12.4 Å². The van der Waals surface area contributed by atoms with Crippen LogP contribution in [0.3, 0.4) is 0 Å². The molecule has 0 spiro atoms. The fourth-order valence-corrected chi connectivity index (χ4v) is 4.48. The summed E-state index contributed by atoms with van der Waals surface area (Å²) in [5.74, 6) is -1.03. The average Bonchev–Trinajstić information content (AvgIpc) is 2.77. The highest BCUT2D eigenvalue weighted by atomic mass is 32.2. The second-order valence-corrected chi connectivity index (χ2v) is 9.10. The number of sulfonamides is 1. The molecule has 1 aliphatic heterocycles. The van der Waals surface area contributed by atoms with Crippen LogP contribution in [0.1, 0.15) is 15.9 Å². The van der Waals surface area contributed by atoms with Gasteiger partial charge in [-0.05, 0) is 43.3 Å².